The van der Waals surface area contributed by atoms with Gasteiger partial charge >= 0.3 is 0 Å². The fraction of sp³-hybridized carbons (Fsp3) is 0.174. The summed E-state index contributed by atoms with van der Waals surface area (Å²) in [5.41, 5.74) is 4.01. The Labute approximate surface area is 155 Å². The lowest BCUT2D eigenvalue weighted by atomic mass is 9.97. The Balaban J connectivity index is 1.79. The lowest BCUT2D eigenvalue weighted by Gasteiger charge is -2.19. The maximum absolute atomic E-state index is 13.0. The van der Waals surface area contributed by atoms with Gasteiger partial charge in [-0.1, -0.05) is 72.8 Å². The molecule has 1 N–H and O–H groups in total. The number of rotatable bonds is 7. The average molecular weight is 344 g/mol. The van der Waals surface area contributed by atoms with Crippen molar-refractivity contribution >= 4 is 11.5 Å². The molecule has 0 saturated carbocycles. The molecule has 132 valence electrons. The SMILES string of the molecule is CN(C)c1ccc(CN[C@@H](C(=O)c2ccccc2)c2ccccc2)cc1. The predicted octanol–water partition coefficient (Wildman–Crippen LogP) is 4.47. The van der Waals surface area contributed by atoms with E-state index in [1.165, 1.54) is 0 Å². The summed E-state index contributed by atoms with van der Waals surface area (Å²) >= 11 is 0. The molecule has 0 unspecified atom stereocenters. The molecule has 3 rings (SSSR count). The first-order valence-corrected chi connectivity index (χ1v) is 8.79. The first kappa shape index (κ1) is 17.9. The third kappa shape index (κ3) is 4.38. The van der Waals surface area contributed by atoms with E-state index in [4.69, 9.17) is 0 Å². The number of benzene rings is 3. The molecule has 0 saturated heterocycles. The monoisotopic (exact) mass is 344 g/mol. The Morgan fingerprint density at radius 1 is 0.846 bits per heavy atom. The van der Waals surface area contributed by atoms with Gasteiger partial charge in [-0.3, -0.25) is 10.1 Å². The third-order valence-electron chi connectivity index (χ3n) is 4.42. The summed E-state index contributed by atoms with van der Waals surface area (Å²) in [6.07, 6.45) is 0. The number of Topliss-reactive ketones (excluding diaryl/α,β-unsaturated/α-hetero) is 1. The van der Waals surface area contributed by atoms with Crippen LogP contribution in [0.1, 0.15) is 27.5 Å². The lowest BCUT2D eigenvalue weighted by molar-refractivity contribution is 0.0942. The van der Waals surface area contributed by atoms with Gasteiger partial charge in [-0.15, -0.1) is 0 Å². The van der Waals surface area contributed by atoms with Crippen molar-refractivity contribution < 1.29 is 4.79 Å². The number of hydrogen-bond donors (Lipinski definition) is 1. The molecule has 0 fully saturated rings. The Bertz CT molecular complexity index is 827. The normalized spacial score (nSPS) is 11.8. The molecule has 0 aliphatic rings. The van der Waals surface area contributed by atoms with Crippen LogP contribution in [0.3, 0.4) is 0 Å². The van der Waals surface area contributed by atoms with Crippen LogP contribution < -0.4 is 10.2 Å². The van der Waals surface area contributed by atoms with E-state index < -0.39 is 0 Å². The minimum absolute atomic E-state index is 0.0849. The Kier molecular flexibility index (Phi) is 5.82. The largest absolute Gasteiger partial charge is 0.378 e. The van der Waals surface area contributed by atoms with Crippen molar-refractivity contribution in [3.8, 4) is 0 Å². The van der Waals surface area contributed by atoms with Gasteiger partial charge in [0.2, 0.25) is 0 Å². The van der Waals surface area contributed by atoms with Crippen LogP contribution in [0.25, 0.3) is 0 Å². The first-order valence-electron chi connectivity index (χ1n) is 8.79. The topological polar surface area (TPSA) is 32.3 Å². The second kappa shape index (κ2) is 8.45. The van der Waals surface area contributed by atoms with Gasteiger partial charge in [0, 0.05) is 31.9 Å². The van der Waals surface area contributed by atoms with Crippen molar-refractivity contribution in [3.63, 3.8) is 0 Å². The van der Waals surface area contributed by atoms with Crippen LogP contribution in [-0.4, -0.2) is 19.9 Å². The molecule has 3 aromatic rings. The van der Waals surface area contributed by atoms with Crippen LogP contribution in [0.4, 0.5) is 5.69 Å². The maximum Gasteiger partial charge on any atom is 0.184 e. The quantitative estimate of drug-likeness (QED) is 0.642. The van der Waals surface area contributed by atoms with Crippen molar-refractivity contribution in [2.24, 2.45) is 0 Å². The van der Waals surface area contributed by atoms with Crippen LogP contribution >= 0.6 is 0 Å². The molecule has 1 atom stereocenters. The smallest absolute Gasteiger partial charge is 0.184 e. The van der Waals surface area contributed by atoms with Crippen molar-refractivity contribution in [2.45, 2.75) is 12.6 Å². The fourth-order valence-corrected chi connectivity index (χ4v) is 2.91. The van der Waals surface area contributed by atoms with E-state index in [0.29, 0.717) is 6.54 Å². The van der Waals surface area contributed by atoms with Crippen LogP contribution in [0.15, 0.2) is 84.9 Å². The molecule has 0 aromatic heterocycles. The number of nitrogens with zero attached hydrogens (tertiary/aromatic N) is 1. The summed E-state index contributed by atoms with van der Waals surface area (Å²) in [4.78, 5) is 15.1. The zero-order chi connectivity index (χ0) is 18.4. The van der Waals surface area contributed by atoms with Crippen molar-refractivity contribution in [1.82, 2.24) is 5.32 Å². The molecular weight excluding hydrogens is 320 g/mol. The zero-order valence-electron chi connectivity index (χ0n) is 15.2. The van der Waals surface area contributed by atoms with E-state index in [1.54, 1.807) is 0 Å². The highest BCUT2D eigenvalue weighted by Gasteiger charge is 2.21. The number of carbonyl (C=O) groups excluding carboxylic acids is 1. The van der Waals surface area contributed by atoms with Crippen LogP contribution in [0, 0.1) is 0 Å². The van der Waals surface area contributed by atoms with E-state index in [2.05, 4.69) is 34.5 Å². The van der Waals surface area contributed by atoms with E-state index in [0.717, 1.165) is 22.4 Å². The Hall–Kier alpha value is -2.91. The zero-order valence-corrected chi connectivity index (χ0v) is 15.2. The molecule has 0 amide bonds. The molecule has 0 aliphatic heterocycles. The summed E-state index contributed by atoms with van der Waals surface area (Å²) in [7, 11) is 4.05. The summed E-state index contributed by atoms with van der Waals surface area (Å²) in [5.74, 6) is 0.0849. The van der Waals surface area contributed by atoms with Gasteiger partial charge in [0.15, 0.2) is 5.78 Å². The van der Waals surface area contributed by atoms with Gasteiger partial charge in [-0.2, -0.15) is 0 Å². The van der Waals surface area contributed by atoms with Crippen molar-refractivity contribution in [2.75, 3.05) is 19.0 Å². The van der Waals surface area contributed by atoms with E-state index in [-0.39, 0.29) is 11.8 Å². The number of nitrogens with one attached hydrogen (secondary N) is 1. The number of ketones is 1. The molecule has 0 spiro atoms. The van der Waals surface area contributed by atoms with Gasteiger partial charge in [-0.05, 0) is 23.3 Å². The Morgan fingerprint density at radius 2 is 1.42 bits per heavy atom. The van der Waals surface area contributed by atoms with E-state index in [1.807, 2.05) is 74.8 Å². The summed E-state index contributed by atoms with van der Waals surface area (Å²) < 4.78 is 0. The number of anilines is 1. The second-order valence-electron chi connectivity index (χ2n) is 6.52. The van der Waals surface area contributed by atoms with E-state index in [9.17, 15) is 4.79 Å². The molecule has 0 heterocycles. The maximum atomic E-state index is 13.0. The molecule has 0 bridgehead atoms. The van der Waals surface area contributed by atoms with Crippen LogP contribution in [0.5, 0.6) is 0 Å². The third-order valence-corrected chi connectivity index (χ3v) is 4.42. The molecule has 0 aliphatic carbocycles. The van der Waals surface area contributed by atoms with E-state index >= 15 is 0 Å². The van der Waals surface area contributed by atoms with Crippen molar-refractivity contribution in [3.05, 3.63) is 102 Å². The van der Waals surface area contributed by atoms with Crippen LogP contribution in [0.2, 0.25) is 0 Å². The van der Waals surface area contributed by atoms with Crippen molar-refractivity contribution in [1.29, 1.82) is 0 Å². The lowest BCUT2D eigenvalue weighted by Crippen LogP contribution is -2.28. The number of hydrogen-bond acceptors (Lipinski definition) is 3. The molecule has 3 nitrogen and oxygen atoms in total. The van der Waals surface area contributed by atoms with Crippen LogP contribution in [-0.2, 0) is 6.54 Å². The average Bonchev–Trinajstić information content (AvgIpc) is 2.70. The standard InChI is InChI=1S/C23H24N2O/c1-25(2)21-15-13-18(14-16-21)17-24-22(19-9-5-3-6-10-19)23(26)20-11-7-4-8-12-20/h3-16,22,24H,17H2,1-2H3/t22-/m1/s1. The van der Waals surface area contributed by atoms with Gasteiger partial charge < -0.3 is 4.90 Å². The predicted molar refractivity (Wildman–Crippen MR) is 108 cm³/mol. The molecule has 3 heteroatoms. The van der Waals surface area contributed by atoms with Gasteiger partial charge in [-0.25, -0.2) is 0 Å². The minimum atomic E-state index is -0.368. The first-order chi connectivity index (χ1) is 12.6. The molecule has 26 heavy (non-hydrogen) atoms. The summed E-state index contributed by atoms with van der Waals surface area (Å²) in [6.45, 7) is 0.631. The highest BCUT2D eigenvalue weighted by molar-refractivity contribution is 6.00. The molecule has 3 aromatic carbocycles. The van der Waals surface area contributed by atoms with Gasteiger partial charge in [0.1, 0.15) is 0 Å². The summed E-state index contributed by atoms with van der Waals surface area (Å²) in [5, 5.41) is 3.44. The Morgan fingerprint density at radius 3 is 2.00 bits per heavy atom. The molecular formula is C23H24N2O. The highest BCUT2D eigenvalue weighted by atomic mass is 16.1. The summed E-state index contributed by atoms with van der Waals surface area (Å²) in [6, 6.07) is 27.3. The van der Waals surface area contributed by atoms with Gasteiger partial charge in [0.05, 0.1) is 6.04 Å². The van der Waals surface area contributed by atoms with Gasteiger partial charge in [0.25, 0.3) is 0 Å². The number of carbonyl (C=O) groups is 1. The fourth-order valence-electron chi connectivity index (χ4n) is 2.91. The highest BCUT2D eigenvalue weighted by Crippen LogP contribution is 2.20. The minimum Gasteiger partial charge on any atom is -0.378 e. The molecule has 0 radical (unpaired) electrons. The second-order valence-corrected chi connectivity index (χ2v) is 6.52.